The highest BCUT2D eigenvalue weighted by Crippen LogP contribution is 2.34. The van der Waals surface area contributed by atoms with Crippen LogP contribution in [0.5, 0.6) is 5.75 Å². The summed E-state index contributed by atoms with van der Waals surface area (Å²) in [5, 5.41) is 3.20. The van der Waals surface area contributed by atoms with E-state index in [9.17, 15) is 9.59 Å². The van der Waals surface area contributed by atoms with Gasteiger partial charge in [-0.2, -0.15) is 0 Å². The van der Waals surface area contributed by atoms with Crippen molar-refractivity contribution in [3.63, 3.8) is 0 Å². The molecule has 2 amide bonds. The number of hydrogen-bond donors (Lipinski definition) is 1. The maximum absolute atomic E-state index is 13.5. The van der Waals surface area contributed by atoms with E-state index in [0.29, 0.717) is 34.9 Å². The van der Waals surface area contributed by atoms with Crippen LogP contribution in [0, 0.1) is 0 Å². The van der Waals surface area contributed by atoms with Gasteiger partial charge in [-0.3, -0.25) is 9.59 Å². The van der Waals surface area contributed by atoms with Crippen molar-refractivity contribution in [2.24, 2.45) is 0 Å². The molecule has 5 heteroatoms. The Bertz CT molecular complexity index is 1150. The van der Waals surface area contributed by atoms with Crippen LogP contribution in [-0.4, -0.2) is 18.4 Å². The standard InChI is InChI=1S/C27H26N2O3/c1-3-17-32-23-12-8-11-21(18-23)28-25-24(20-9-6-5-7-10-20)26(30)29(27(25)31)22-15-13-19(4-2)14-16-22/h5-16,18,28H,3-4,17H2,1-2H3. The smallest absolute Gasteiger partial charge is 0.282 e. The quantitative estimate of drug-likeness (QED) is 0.488. The fourth-order valence-corrected chi connectivity index (χ4v) is 3.66. The predicted molar refractivity (Wildman–Crippen MR) is 128 cm³/mol. The van der Waals surface area contributed by atoms with Crippen molar-refractivity contribution in [1.82, 2.24) is 0 Å². The molecule has 0 spiro atoms. The molecule has 0 aliphatic carbocycles. The van der Waals surface area contributed by atoms with Crippen LogP contribution in [0.1, 0.15) is 31.4 Å². The molecule has 3 aromatic rings. The topological polar surface area (TPSA) is 58.6 Å². The Morgan fingerprint density at radius 2 is 1.59 bits per heavy atom. The van der Waals surface area contributed by atoms with E-state index < -0.39 is 0 Å². The second kappa shape index (κ2) is 9.52. The van der Waals surface area contributed by atoms with E-state index in [1.165, 1.54) is 4.90 Å². The number of carbonyl (C=O) groups is 2. The maximum Gasteiger partial charge on any atom is 0.282 e. The number of rotatable bonds is 8. The van der Waals surface area contributed by atoms with Gasteiger partial charge in [0.1, 0.15) is 11.4 Å². The molecule has 0 fully saturated rings. The van der Waals surface area contributed by atoms with Crippen LogP contribution in [0.2, 0.25) is 0 Å². The number of aryl methyl sites for hydroxylation is 1. The minimum Gasteiger partial charge on any atom is -0.494 e. The first-order chi connectivity index (χ1) is 15.6. The Kier molecular flexibility index (Phi) is 6.36. The summed E-state index contributed by atoms with van der Waals surface area (Å²) in [6, 6.07) is 24.2. The summed E-state index contributed by atoms with van der Waals surface area (Å²) in [5.41, 5.74) is 3.70. The highest BCUT2D eigenvalue weighted by atomic mass is 16.5. The molecule has 0 atom stereocenters. The lowest BCUT2D eigenvalue weighted by Crippen LogP contribution is -2.32. The first-order valence-electron chi connectivity index (χ1n) is 10.9. The molecule has 32 heavy (non-hydrogen) atoms. The molecule has 1 N–H and O–H groups in total. The van der Waals surface area contributed by atoms with Crippen LogP contribution in [0.15, 0.2) is 84.6 Å². The molecular formula is C27H26N2O3. The fraction of sp³-hybridized carbons (Fsp3) is 0.185. The van der Waals surface area contributed by atoms with Crippen LogP contribution in [-0.2, 0) is 16.0 Å². The molecule has 3 aromatic carbocycles. The summed E-state index contributed by atoms with van der Waals surface area (Å²) in [6.07, 6.45) is 1.79. The van der Waals surface area contributed by atoms with Gasteiger partial charge < -0.3 is 10.1 Å². The van der Waals surface area contributed by atoms with Gasteiger partial charge in [-0.05, 0) is 48.2 Å². The number of imide groups is 1. The van der Waals surface area contributed by atoms with E-state index in [0.717, 1.165) is 18.4 Å². The highest BCUT2D eigenvalue weighted by molar-refractivity contribution is 6.46. The average Bonchev–Trinajstić information content (AvgIpc) is 3.07. The highest BCUT2D eigenvalue weighted by Gasteiger charge is 2.40. The summed E-state index contributed by atoms with van der Waals surface area (Å²) in [6.45, 7) is 4.72. The summed E-state index contributed by atoms with van der Waals surface area (Å²) < 4.78 is 5.71. The van der Waals surface area contributed by atoms with E-state index in [1.54, 1.807) is 0 Å². The van der Waals surface area contributed by atoms with Crippen molar-refractivity contribution in [1.29, 1.82) is 0 Å². The van der Waals surface area contributed by atoms with Crippen LogP contribution >= 0.6 is 0 Å². The number of nitrogens with zero attached hydrogens (tertiary/aromatic N) is 1. The Labute approximate surface area is 188 Å². The van der Waals surface area contributed by atoms with E-state index in [1.807, 2.05) is 85.8 Å². The Balaban J connectivity index is 1.73. The maximum atomic E-state index is 13.5. The first kappa shape index (κ1) is 21.4. The second-order valence-corrected chi connectivity index (χ2v) is 7.58. The zero-order valence-corrected chi connectivity index (χ0v) is 18.3. The molecule has 0 bridgehead atoms. The van der Waals surface area contributed by atoms with Crippen molar-refractivity contribution in [3.05, 3.63) is 95.7 Å². The molecule has 1 heterocycles. The summed E-state index contributed by atoms with van der Waals surface area (Å²) >= 11 is 0. The van der Waals surface area contributed by atoms with Gasteiger partial charge in [0.15, 0.2) is 0 Å². The average molecular weight is 427 g/mol. The fourth-order valence-electron chi connectivity index (χ4n) is 3.66. The normalized spacial score (nSPS) is 13.6. The number of hydrogen-bond acceptors (Lipinski definition) is 4. The zero-order valence-electron chi connectivity index (χ0n) is 18.3. The molecule has 1 aliphatic heterocycles. The van der Waals surface area contributed by atoms with Gasteiger partial charge in [-0.15, -0.1) is 0 Å². The predicted octanol–water partition coefficient (Wildman–Crippen LogP) is 5.43. The third kappa shape index (κ3) is 4.28. The van der Waals surface area contributed by atoms with Gasteiger partial charge in [0.25, 0.3) is 11.8 Å². The SMILES string of the molecule is CCCOc1cccc(NC2=C(c3ccccc3)C(=O)N(c3ccc(CC)cc3)C2=O)c1. The van der Waals surface area contributed by atoms with Crippen LogP contribution < -0.4 is 15.0 Å². The minimum absolute atomic E-state index is 0.258. The van der Waals surface area contributed by atoms with E-state index in [-0.39, 0.29) is 17.5 Å². The third-order valence-electron chi connectivity index (χ3n) is 5.33. The van der Waals surface area contributed by atoms with Gasteiger partial charge in [-0.25, -0.2) is 4.90 Å². The summed E-state index contributed by atoms with van der Waals surface area (Å²) in [7, 11) is 0. The van der Waals surface area contributed by atoms with Gasteiger partial charge in [-0.1, -0.05) is 62.4 Å². The van der Waals surface area contributed by atoms with Crippen molar-refractivity contribution in [3.8, 4) is 5.75 Å². The van der Waals surface area contributed by atoms with Gasteiger partial charge >= 0.3 is 0 Å². The second-order valence-electron chi connectivity index (χ2n) is 7.58. The van der Waals surface area contributed by atoms with Crippen molar-refractivity contribution < 1.29 is 14.3 Å². The van der Waals surface area contributed by atoms with E-state index in [2.05, 4.69) is 12.2 Å². The van der Waals surface area contributed by atoms with Crippen LogP contribution in [0.4, 0.5) is 11.4 Å². The monoisotopic (exact) mass is 426 g/mol. The molecule has 0 aromatic heterocycles. The molecule has 0 saturated heterocycles. The lowest BCUT2D eigenvalue weighted by Gasteiger charge is -2.16. The molecular weight excluding hydrogens is 400 g/mol. The van der Waals surface area contributed by atoms with E-state index >= 15 is 0 Å². The van der Waals surface area contributed by atoms with Crippen LogP contribution in [0.3, 0.4) is 0 Å². The Morgan fingerprint density at radius 3 is 2.28 bits per heavy atom. The molecule has 162 valence electrons. The number of anilines is 2. The lowest BCUT2D eigenvalue weighted by atomic mass is 10.0. The summed E-state index contributed by atoms with van der Waals surface area (Å²) in [5.74, 6) is -0.00758. The largest absolute Gasteiger partial charge is 0.494 e. The van der Waals surface area contributed by atoms with Crippen molar-refractivity contribution in [2.75, 3.05) is 16.8 Å². The van der Waals surface area contributed by atoms with Crippen molar-refractivity contribution in [2.45, 2.75) is 26.7 Å². The molecule has 0 saturated carbocycles. The Hall–Kier alpha value is -3.86. The third-order valence-corrected chi connectivity index (χ3v) is 5.33. The molecule has 4 rings (SSSR count). The molecule has 5 nitrogen and oxygen atoms in total. The number of ether oxygens (including phenoxy) is 1. The van der Waals surface area contributed by atoms with Crippen molar-refractivity contribution >= 4 is 28.8 Å². The molecule has 0 radical (unpaired) electrons. The van der Waals surface area contributed by atoms with Crippen LogP contribution in [0.25, 0.3) is 5.57 Å². The van der Waals surface area contributed by atoms with E-state index in [4.69, 9.17) is 4.74 Å². The molecule has 0 unspecified atom stereocenters. The molecule has 1 aliphatic rings. The zero-order chi connectivity index (χ0) is 22.5. The Morgan fingerprint density at radius 1 is 0.844 bits per heavy atom. The number of nitrogens with one attached hydrogen (secondary N) is 1. The first-order valence-corrected chi connectivity index (χ1v) is 10.9. The lowest BCUT2D eigenvalue weighted by molar-refractivity contribution is -0.120. The van der Waals surface area contributed by atoms with Gasteiger partial charge in [0.2, 0.25) is 0 Å². The minimum atomic E-state index is -0.377. The number of benzene rings is 3. The van der Waals surface area contributed by atoms with Gasteiger partial charge in [0.05, 0.1) is 17.9 Å². The summed E-state index contributed by atoms with van der Waals surface area (Å²) in [4.78, 5) is 28.2. The van der Waals surface area contributed by atoms with Gasteiger partial charge in [0, 0.05) is 11.8 Å². The number of amides is 2. The number of carbonyl (C=O) groups excluding carboxylic acids is 2.